The van der Waals surface area contributed by atoms with Crippen molar-refractivity contribution in [3.8, 4) is 12.8 Å². The number of halogens is 3. The van der Waals surface area contributed by atoms with E-state index in [1.54, 1.807) is 9.80 Å². The van der Waals surface area contributed by atoms with E-state index < -0.39 is 12.3 Å². The number of piperidine rings is 1. The molecule has 1 aliphatic heterocycles. The molecule has 8 heteroatoms. The molecular weight excluding hydrogens is 373 g/mol. The minimum atomic E-state index is -4.44. The first-order valence-corrected chi connectivity index (χ1v) is 8.68. The highest BCUT2D eigenvalue weighted by Gasteiger charge is 2.34. The number of hydrogen-bond acceptors (Lipinski definition) is 3. The zero-order chi connectivity index (χ0) is 21.9. The van der Waals surface area contributed by atoms with E-state index in [0.717, 1.165) is 24.9 Å². The topological polar surface area (TPSA) is 60.9 Å². The molecule has 0 radical (unpaired) electrons. The van der Waals surface area contributed by atoms with Gasteiger partial charge in [0.05, 0.1) is 0 Å². The molecule has 1 heterocycles. The molecule has 1 aromatic carbocycles. The monoisotopic (exact) mass is 400 g/mol. The number of carbonyl (C=O) groups excluding carboxylic acids is 2. The molecule has 1 fully saturated rings. The molecule has 5 nitrogen and oxygen atoms in total. The molecule has 2 rings (SSSR count). The highest BCUT2D eigenvalue weighted by atomic mass is 19.4. The van der Waals surface area contributed by atoms with Crippen LogP contribution in [-0.4, -0.2) is 54.7 Å². The molecule has 1 aromatic rings. The summed E-state index contributed by atoms with van der Waals surface area (Å²) in [4.78, 5) is 26.5. The number of benzene rings is 1. The molecule has 1 N–H and O–H groups in total. The van der Waals surface area contributed by atoms with Crippen molar-refractivity contribution in [2.75, 3.05) is 25.0 Å². The van der Waals surface area contributed by atoms with Crippen LogP contribution in [0.1, 0.15) is 25.3 Å². The summed E-state index contributed by atoms with van der Waals surface area (Å²) in [6.45, 7) is 4.07. The summed E-state index contributed by atoms with van der Waals surface area (Å²) in [7, 11) is 1.82. The van der Waals surface area contributed by atoms with Gasteiger partial charge in [-0.05, 0) is 38.8 Å². The van der Waals surface area contributed by atoms with Gasteiger partial charge in [-0.25, -0.2) is 0 Å². The number of rotatable bonds is 3. The maximum atomic E-state index is 12.4. The molecule has 1 aliphatic rings. The van der Waals surface area contributed by atoms with Crippen molar-refractivity contribution in [2.24, 2.45) is 5.92 Å². The van der Waals surface area contributed by atoms with Gasteiger partial charge in [0.25, 0.3) is 0 Å². The van der Waals surface area contributed by atoms with Crippen molar-refractivity contribution in [1.82, 2.24) is 4.90 Å². The maximum absolute atomic E-state index is 12.4. The Morgan fingerprint density at radius 1 is 1.25 bits per heavy atom. The van der Waals surface area contributed by atoms with Crippen LogP contribution in [0.4, 0.5) is 18.9 Å². The fraction of sp³-hybridized carbons (Fsp3) is 0.500. The number of hydrogen-bond donors (Lipinski definition) is 1. The molecule has 0 aliphatic carbocycles. The summed E-state index contributed by atoms with van der Waals surface area (Å²) < 4.78 is 32.8. The molecule has 0 spiro atoms. The summed E-state index contributed by atoms with van der Waals surface area (Å²) in [6.07, 6.45) is 3.74. The van der Waals surface area contributed by atoms with Gasteiger partial charge in [0, 0.05) is 31.7 Å². The quantitative estimate of drug-likeness (QED) is 0.627. The Morgan fingerprint density at radius 2 is 1.68 bits per heavy atom. The molecule has 1 unspecified atom stereocenters. The van der Waals surface area contributed by atoms with Crippen LogP contribution in [-0.2, 0) is 9.59 Å². The number of terminal acetylenes is 1. The van der Waals surface area contributed by atoms with Gasteiger partial charge >= 0.3 is 6.18 Å². The average Bonchev–Trinajstić information content (AvgIpc) is 2.69. The number of nitrogens with zero attached hydrogens (tertiary/aromatic N) is 2. The van der Waals surface area contributed by atoms with E-state index in [0.29, 0.717) is 20.0 Å². The van der Waals surface area contributed by atoms with E-state index >= 15 is 0 Å². The van der Waals surface area contributed by atoms with Gasteiger partial charge in [0.2, 0.25) is 12.3 Å². The summed E-state index contributed by atoms with van der Waals surface area (Å²) in [6, 6.07) is 7.95. The second-order valence-electron chi connectivity index (χ2n) is 6.37. The summed E-state index contributed by atoms with van der Waals surface area (Å²) in [5.74, 6) is 0.178. The molecule has 156 valence electrons. The molecule has 0 aromatic heterocycles. The Labute approximate surface area is 164 Å². The van der Waals surface area contributed by atoms with Crippen molar-refractivity contribution >= 4 is 18.0 Å². The number of alkyl halides is 3. The lowest BCUT2D eigenvalue weighted by Crippen LogP contribution is -2.40. The summed E-state index contributed by atoms with van der Waals surface area (Å²) in [5.41, 5.74) is 2.11. The SMILES string of the molecule is C#C.CC(O)C(F)(F)F.Cc1ccc(N(C)C(=O)C2CCN(C=O)CC2)cc1. The van der Waals surface area contributed by atoms with E-state index in [9.17, 15) is 22.8 Å². The fourth-order valence-electron chi connectivity index (χ4n) is 2.42. The number of aliphatic hydroxyl groups is 1. The van der Waals surface area contributed by atoms with E-state index in [1.807, 2.05) is 38.2 Å². The lowest BCUT2D eigenvalue weighted by molar-refractivity contribution is -0.197. The van der Waals surface area contributed by atoms with Crippen LogP contribution in [0.2, 0.25) is 0 Å². The van der Waals surface area contributed by atoms with Crippen molar-refractivity contribution in [2.45, 2.75) is 39.0 Å². The van der Waals surface area contributed by atoms with Gasteiger partial charge in [-0.15, -0.1) is 12.8 Å². The van der Waals surface area contributed by atoms with Crippen molar-refractivity contribution in [3.05, 3.63) is 29.8 Å². The van der Waals surface area contributed by atoms with Crippen molar-refractivity contribution in [3.63, 3.8) is 0 Å². The largest absolute Gasteiger partial charge is 0.414 e. The fourth-order valence-corrected chi connectivity index (χ4v) is 2.42. The van der Waals surface area contributed by atoms with Gasteiger partial charge in [-0.2, -0.15) is 13.2 Å². The van der Waals surface area contributed by atoms with Crippen molar-refractivity contribution in [1.29, 1.82) is 0 Å². The lowest BCUT2D eigenvalue weighted by atomic mass is 9.95. The van der Waals surface area contributed by atoms with Crippen molar-refractivity contribution < 1.29 is 27.9 Å². The predicted molar refractivity (Wildman–Crippen MR) is 103 cm³/mol. The molecular formula is C20H27F3N2O3. The first kappa shape index (κ1) is 25.5. The lowest BCUT2D eigenvalue weighted by Gasteiger charge is -2.31. The molecule has 0 saturated carbocycles. The number of amides is 2. The molecule has 1 atom stereocenters. The van der Waals surface area contributed by atoms with E-state index in [2.05, 4.69) is 12.8 Å². The van der Waals surface area contributed by atoms with Gasteiger partial charge in [-0.1, -0.05) is 17.7 Å². The molecule has 28 heavy (non-hydrogen) atoms. The molecule has 2 amide bonds. The molecule has 0 bridgehead atoms. The maximum Gasteiger partial charge on any atom is 0.414 e. The van der Waals surface area contributed by atoms with Crippen LogP contribution in [0.25, 0.3) is 0 Å². The number of likely N-dealkylation sites (tertiary alicyclic amines) is 1. The van der Waals surface area contributed by atoms with Crippen LogP contribution < -0.4 is 4.90 Å². The van der Waals surface area contributed by atoms with Crippen LogP contribution in [0.3, 0.4) is 0 Å². The normalized spacial score (nSPS) is 15.2. The smallest absolute Gasteiger partial charge is 0.384 e. The predicted octanol–water partition coefficient (Wildman–Crippen LogP) is 3.01. The van der Waals surface area contributed by atoms with Gasteiger partial charge in [0.15, 0.2) is 0 Å². The zero-order valence-electron chi connectivity index (χ0n) is 16.3. The third kappa shape index (κ3) is 8.44. The zero-order valence-corrected chi connectivity index (χ0v) is 16.3. The second-order valence-corrected chi connectivity index (χ2v) is 6.37. The minimum absolute atomic E-state index is 0.0301. The minimum Gasteiger partial charge on any atom is -0.384 e. The Bertz CT molecular complexity index is 620. The number of carbonyl (C=O) groups is 2. The van der Waals surface area contributed by atoms with E-state index in [-0.39, 0.29) is 11.8 Å². The van der Waals surface area contributed by atoms with E-state index in [1.165, 1.54) is 5.56 Å². The summed E-state index contributed by atoms with van der Waals surface area (Å²) in [5, 5.41) is 7.76. The van der Waals surface area contributed by atoms with Gasteiger partial charge < -0.3 is 14.9 Å². The standard InChI is InChI=1S/C15H20N2O2.C3H5F3O.C2H2/c1-12-3-5-14(6-4-12)16(2)15(19)13-7-9-17(11-18)10-8-13;1-2(7)3(4,5)6;1-2/h3-6,11,13H,7-10H2,1-2H3;2,7H,1H3;1-2H. The van der Waals surface area contributed by atoms with Crippen LogP contribution in [0.15, 0.2) is 24.3 Å². The average molecular weight is 400 g/mol. The van der Waals surface area contributed by atoms with Crippen LogP contribution >= 0.6 is 0 Å². The van der Waals surface area contributed by atoms with Crippen LogP contribution in [0.5, 0.6) is 0 Å². The number of anilines is 1. The highest BCUT2D eigenvalue weighted by Crippen LogP contribution is 2.22. The Morgan fingerprint density at radius 3 is 2.04 bits per heavy atom. The Balaban J connectivity index is 0.000000688. The number of aryl methyl sites for hydroxylation is 1. The number of aliphatic hydroxyl groups excluding tert-OH is 1. The van der Waals surface area contributed by atoms with E-state index in [4.69, 9.17) is 5.11 Å². The second kappa shape index (κ2) is 12.0. The highest BCUT2D eigenvalue weighted by molar-refractivity contribution is 5.94. The molecule has 1 saturated heterocycles. The van der Waals surface area contributed by atoms with Gasteiger partial charge in [0.1, 0.15) is 6.10 Å². The Hall–Kier alpha value is -2.53. The Kier molecular flexibility index (Phi) is 10.9. The van der Waals surface area contributed by atoms with Crippen LogP contribution in [0, 0.1) is 25.7 Å². The third-order valence-electron chi connectivity index (χ3n) is 4.25. The first-order valence-electron chi connectivity index (χ1n) is 8.68. The summed E-state index contributed by atoms with van der Waals surface area (Å²) >= 11 is 0. The first-order chi connectivity index (χ1) is 13.1. The third-order valence-corrected chi connectivity index (χ3v) is 4.25. The van der Waals surface area contributed by atoms with Gasteiger partial charge in [-0.3, -0.25) is 9.59 Å².